The summed E-state index contributed by atoms with van der Waals surface area (Å²) < 4.78 is 4.80. The van der Waals surface area contributed by atoms with Crippen LogP contribution in [-0.4, -0.2) is 38.0 Å². The molecule has 1 atom stereocenters. The Balaban J connectivity index is 3.32. The van der Waals surface area contributed by atoms with Crippen molar-refractivity contribution in [2.45, 2.75) is 6.04 Å². The fourth-order valence-corrected chi connectivity index (χ4v) is 0.581. The summed E-state index contributed by atoms with van der Waals surface area (Å²) in [7, 11) is 1.58. The Morgan fingerprint density at radius 2 is 2.50 bits per heavy atom. The summed E-state index contributed by atoms with van der Waals surface area (Å²) in [4.78, 5) is 0. The van der Waals surface area contributed by atoms with E-state index in [1.165, 1.54) is 0 Å². The van der Waals surface area contributed by atoms with Crippen LogP contribution in [-0.2, 0) is 4.74 Å². The molecule has 0 fully saturated rings. The highest BCUT2D eigenvalue weighted by molar-refractivity contribution is 4.88. The van der Waals surface area contributed by atoms with E-state index in [9.17, 15) is 0 Å². The minimum absolute atomic E-state index is 0.0407. The zero-order chi connectivity index (χ0) is 7.82. The van der Waals surface area contributed by atoms with Gasteiger partial charge in [-0.15, -0.1) is 6.42 Å². The standard InChI is InChI=1S/C7H13NO2/c1-3-4-8-7(5-9)6-10-2/h1,7-9H,4-6H2,2H3. The van der Waals surface area contributed by atoms with E-state index in [0.29, 0.717) is 13.2 Å². The maximum atomic E-state index is 8.67. The van der Waals surface area contributed by atoms with Crippen LogP contribution in [0.3, 0.4) is 0 Å². The average molecular weight is 143 g/mol. The molecule has 0 bridgehead atoms. The minimum atomic E-state index is -0.0407. The summed E-state index contributed by atoms with van der Waals surface area (Å²) in [5.41, 5.74) is 0. The number of methoxy groups -OCH3 is 1. The van der Waals surface area contributed by atoms with Crippen molar-refractivity contribution < 1.29 is 9.84 Å². The van der Waals surface area contributed by atoms with Crippen molar-refractivity contribution in [3.63, 3.8) is 0 Å². The smallest absolute Gasteiger partial charge is 0.0638 e. The molecule has 0 aliphatic carbocycles. The maximum absolute atomic E-state index is 8.67. The molecule has 0 aliphatic rings. The minimum Gasteiger partial charge on any atom is -0.395 e. The van der Waals surface area contributed by atoms with Gasteiger partial charge < -0.3 is 9.84 Å². The van der Waals surface area contributed by atoms with Crippen LogP contribution in [0.2, 0.25) is 0 Å². The van der Waals surface area contributed by atoms with Crippen molar-refractivity contribution >= 4 is 0 Å². The molecule has 58 valence electrons. The van der Waals surface area contributed by atoms with E-state index in [2.05, 4.69) is 11.2 Å². The average Bonchev–Trinajstić information content (AvgIpc) is 1.98. The van der Waals surface area contributed by atoms with E-state index in [4.69, 9.17) is 16.3 Å². The Kier molecular flexibility index (Phi) is 6.19. The third-order valence-corrected chi connectivity index (χ3v) is 1.08. The van der Waals surface area contributed by atoms with E-state index in [1.54, 1.807) is 7.11 Å². The van der Waals surface area contributed by atoms with Gasteiger partial charge in [-0.25, -0.2) is 0 Å². The maximum Gasteiger partial charge on any atom is 0.0638 e. The van der Waals surface area contributed by atoms with Crippen molar-refractivity contribution in [3.8, 4) is 12.3 Å². The van der Waals surface area contributed by atoms with Crippen LogP contribution in [0.15, 0.2) is 0 Å². The van der Waals surface area contributed by atoms with Crippen molar-refractivity contribution in [3.05, 3.63) is 0 Å². The Morgan fingerprint density at radius 3 is 2.90 bits per heavy atom. The van der Waals surface area contributed by atoms with Crippen LogP contribution in [0.1, 0.15) is 0 Å². The van der Waals surface area contributed by atoms with Crippen LogP contribution < -0.4 is 5.32 Å². The summed E-state index contributed by atoms with van der Waals surface area (Å²) in [6, 6.07) is -0.0407. The fourth-order valence-electron chi connectivity index (χ4n) is 0.581. The van der Waals surface area contributed by atoms with Gasteiger partial charge >= 0.3 is 0 Å². The first kappa shape index (κ1) is 9.44. The molecule has 0 amide bonds. The predicted molar refractivity (Wildman–Crippen MR) is 39.6 cm³/mol. The van der Waals surface area contributed by atoms with Crippen LogP contribution in [0.25, 0.3) is 0 Å². The van der Waals surface area contributed by atoms with Gasteiger partial charge in [-0.1, -0.05) is 5.92 Å². The van der Waals surface area contributed by atoms with Crippen LogP contribution in [0.5, 0.6) is 0 Å². The van der Waals surface area contributed by atoms with Gasteiger partial charge in [-0.3, -0.25) is 5.32 Å². The molecule has 0 aromatic heterocycles. The number of hydrogen-bond acceptors (Lipinski definition) is 3. The first-order chi connectivity index (χ1) is 4.85. The molecule has 0 aromatic rings. The Bertz CT molecular complexity index is 109. The SMILES string of the molecule is C#CCNC(CO)COC. The molecule has 0 saturated heterocycles. The van der Waals surface area contributed by atoms with Gasteiger partial charge in [-0.2, -0.15) is 0 Å². The van der Waals surface area contributed by atoms with Gasteiger partial charge in [0.1, 0.15) is 0 Å². The monoisotopic (exact) mass is 143 g/mol. The first-order valence-corrected chi connectivity index (χ1v) is 3.11. The number of terminal acetylenes is 1. The van der Waals surface area contributed by atoms with Crippen molar-refractivity contribution in [2.24, 2.45) is 0 Å². The van der Waals surface area contributed by atoms with Gasteiger partial charge in [0.15, 0.2) is 0 Å². The number of aliphatic hydroxyl groups excluding tert-OH is 1. The van der Waals surface area contributed by atoms with Gasteiger partial charge in [0.2, 0.25) is 0 Å². The van der Waals surface area contributed by atoms with Crippen molar-refractivity contribution in [1.82, 2.24) is 5.32 Å². The molecule has 2 N–H and O–H groups in total. The van der Waals surface area contributed by atoms with Crippen LogP contribution >= 0.6 is 0 Å². The molecule has 10 heavy (non-hydrogen) atoms. The zero-order valence-electron chi connectivity index (χ0n) is 6.13. The number of aliphatic hydroxyl groups is 1. The largest absolute Gasteiger partial charge is 0.395 e. The van der Waals surface area contributed by atoms with Crippen molar-refractivity contribution in [2.75, 3.05) is 26.9 Å². The van der Waals surface area contributed by atoms with Gasteiger partial charge in [0, 0.05) is 7.11 Å². The second-order valence-electron chi connectivity index (χ2n) is 1.92. The highest BCUT2D eigenvalue weighted by atomic mass is 16.5. The van der Waals surface area contributed by atoms with Gasteiger partial charge in [-0.05, 0) is 0 Å². The third-order valence-electron chi connectivity index (χ3n) is 1.08. The highest BCUT2D eigenvalue weighted by Crippen LogP contribution is 1.80. The normalized spacial score (nSPS) is 12.5. The van der Waals surface area contributed by atoms with Crippen LogP contribution in [0, 0.1) is 12.3 Å². The van der Waals surface area contributed by atoms with E-state index in [1.807, 2.05) is 0 Å². The van der Waals surface area contributed by atoms with Crippen molar-refractivity contribution in [1.29, 1.82) is 0 Å². The van der Waals surface area contributed by atoms with E-state index < -0.39 is 0 Å². The molecule has 0 saturated carbocycles. The summed E-state index contributed by atoms with van der Waals surface area (Å²) in [5, 5.41) is 11.6. The van der Waals surface area contributed by atoms with E-state index >= 15 is 0 Å². The lowest BCUT2D eigenvalue weighted by atomic mass is 10.3. The summed E-state index contributed by atoms with van der Waals surface area (Å²) in [5.74, 6) is 2.41. The van der Waals surface area contributed by atoms with Gasteiger partial charge in [0.05, 0.1) is 25.8 Å². The molecular formula is C7H13NO2. The first-order valence-electron chi connectivity index (χ1n) is 3.11. The highest BCUT2D eigenvalue weighted by Gasteiger charge is 2.02. The molecule has 0 aliphatic heterocycles. The molecule has 0 heterocycles. The van der Waals surface area contributed by atoms with Crippen LogP contribution in [0.4, 0.5) is 0 Å². The van der Waals surface area contributed by atoms with E-state index in [-0.39, 0.29) is 12.6 Å². The number of hydrogen-bond donors (Lipinski definition) is 2. The second kappa shape index (κ2) is 6.56. The predicted octanol–water partition coefficient (Wildman–Crippen LogP) is -0.784. The summed E-state index contributed by atoms with van der Waals surface area (Å²) in [6.45, 7) is 1.00. The summed E-state index contributed by atoms with van der Waals surface area (Å²) in [6.07, 6.45) is 4.99. The Morgan fingerprint density at radius 1 is 1.80 bits per heavy atom. The third kappa shape index (κ3) is 4.33. The Hall–Kier alpha value is -0.560. The molecule has 0 radical (unpaired) electrons. The molecule has 0 rings (SSSR count). The molecule has 3 nitrogen and oxygen atoms in total. The fraction of sp³-hybridized carbons (Fsp3) is 0.714. The number of ether oxygens (including phenoxy) is 1. The molecule has 1 unspecified atom stereocenters. The quantitative estimate of drug-likeness (QED) is 0.496. The summed E-state index contributed by atoms with van der Waals surface area (Å²) >= 11 is 0. The van der Waals surface area contributed by atoms with Gasteiger partial charge in [0.25, 0.3) is 0 Å². The zero-order valence-corrected chi connectivity index (χ0v) is 6.13. The number of rotatable bonds is 5. The molecule has 0 aromatic carbocycles. The topological polar surface area (TPSA) is 41.5 Å². The lowest BCUT2D eigenvalue weighted by Crippen LogP contribution is -2.36. The lowest BCUT2D eigenvalue weighted by Gasteiger charge is -2.12. The lowest BCUT2D eigenvalue weighted by molar-refractivity contribution is 0.131. The number of nitrogens with one attached hydrogen (secondary N) is 1. The molecular weight excluding hydrogens is 130 g/mol. The second-order valence-corrected chi connectivity index (χ2v) is 1.92. The molecule has 0 spiro atoms. The van der Waals surface area contributed by atoms with E-state index in [0.717, 1.165) is 0 Å². The molecule has 3 heteroatoms. The Labute approximate surface area is 61.4 Å².